The first-order valence-electron chi connectivity index (χ1n) is 6.37. The van der Waals surface area contributed by atoms with Crippen LogP contribution in [0.1, 0.15) is 12.5 Å². The van der Waals surface area contributed by atoms with Crippen LogP contribution < -0.4 is 10.1 Å². The molecule has 0 aliphatic rings. The molecule has 0 saturated carbocycles. The number of rotatable bonds is 5. The lowest BCUT2D eigenvalue weighted by Gasteiger charge is -2.16. The normalized spacial score (nSPS) is 11.9. The maximum atomic E-state index is 13.4. The van der Waals surface area contributed by atoms with Gasteiger partial charge in [-0.2, -0.15) is 0 Å². The minimum absolute atomic E-state index is 0.0404. The van der Waals surface area contributed by atoms with Gasteiger partial charge in [-0.3, -0.25) is 0 Å². The van der Waals surface area contributed by atoms with E-state index >= 15 is 0 Å². The lowest BCUT2D eigenvalue weighted by molar-refractivity contribution is 0.234. The number of ether oxygens (including phenoxy) is 1. The Labute approximate surface area is 113 Å². The Morgan fingerprint density at radius 3 is 2.68 bits per heavy atom. The summed E-state index contributed by atoms with van der Waals surface area (Å²) < 4.78 is 19.2. The summed E-state index contributed by atoms with van der Waals surface area (Å²) in [4.78, 5) is 0. The van der Waals surface area contributed by atoms with Crippen molar-refractivity contribution in [1.82, 2.24) is 0 Å². The van der Waals surface area contributed by atoms with Gasteiger partial charge in [0.05, 0.1) is 12.2 Å². The zero-order chi connectivity index (χ0) is 13.7. The van der Waals surface area contributed by atoms with E-state index in [0.29, 0.717) is 12.2 Å². The van der Waals surface area contributed by atoms with E-state index in [9.17, 15) is 4.39 Å². The molecule has 0 amide bonds. The molecule has 0 radical (unpaired) electrons. The molecule has 2 aromatic rings. The van der Waals surface area contributed by atoms with Gasteiger partial charge in [0.1, 0.15) is 17.7 Å². The summed E-state index contributed by atoms with van der Waals surface area (Å²) in [6.07, 6.45) is -0.0404. The molecular formula is C16H18FNO. The van der Waals surface area contributed by atoms with Crippen molar-refractivity contribution >= 4 is 5.69 Å². The van der Waals surface area contributed by atoms with E-state index in [2.05, 4.69) is 5.32 Å². The second-order valence-electron chi connectivity index (χ2n) is 4.61. The zero-order valence-corrected chi connectivity index (χ0v) is 11.2. The van der Waals surface area contributed by atoms with Crippen LogP contribution in [0.15, 0.2) is 48.5 Å². The van der Waals surface area contributed by atoms with Crippen LogP contribution in [0.4, 0.5) is 10.1 Å². The quantitative estimate of drug-likeness (QED) is 0.875. The summed E-state index contributed by atoms with van der Waals surface area (Å²) >= 11 is 0. The maximum absolute atomic E-state index is 13.4. The summed E-state index contributed by atoms with van der Waals surface area (Å²) in [5.41, 5.74) is 1.66. The number of benzene rings is 2. The molecule has 0 aliphatic carbocycles. The van der Waals surface area contributed by atoms with Crippen LogP contribution in [0.25, 0.3) is 0 Å². The Balaban J connectivity index is 1.88. The monoisotopic (exact) mass is 259 g/mol. The minimum atomic E-state index is -0.245. The molecule has 19 heavy (non-hydrogen) atoms. The Morgan fingerprint density at radius 1 is 1.16 bits per heavy atom. The number of anilines is 1. The first kappa shape index (κ1) is 13.4. The third-order valence-corrected chi connectivity index (χ3v) is 2.78. The van der Waals surface area contributed by atoms with Gasteiger partial charge in [-0.25, -0.2) is 4.39 Å². The average molecular weight is 259 g/mol. The number of nitrogens with one attached hydrogen (secondary N) is 1. The molecule has 2 aromatic carbocycles. The molecule has 100 valence electrons. The predicted octanol–water partition coefficient (Wildman–Crippen LogP) is 4.01. The summed E-state index contributed by atoms with van der Waals surface area (Å²) in [6.45, 7) is 4.53. The van der Waals surface area contributed by atoms with Gasteiger partial charge < -0.3 is 10.1 Å². The molecule has 0 unspecified atom stereocenters. The molecular weight excluding hydrogens is 241 g/mol. The molecule has 0 aromatic heterocycles. The van der Waals surface area contributed by atoms with Gasteiger partial charge in [0.2, 0.25) is 0 Å². The number of hydrogen-bond acceptors (Lipinski definition) is 2. The van der Waals surface area contributed by atoms with Gasteiger partial charge in [-0.1, -0.05) is 24.3 Å². The molecule has 0 aliphatic heterocycles. The highest BCUT2D eigenvalue weighted by atomic mass is 19.1. The van der Waals surface area contributed by atoms with Crippen molar-refractivity contribution in [2.45, 2.75) is 20.0 Å². The Kier molecular flexibility index (Phi) is 4.39. The predicted molar refractivity (Wildman–Crippen MR) is 76.2 cm³/mol. The molecule has 1 N–H and O–H groups in total. The van der Waals surface area contributed by atoms with Crippen molar-refractivity contribution in [2.75, 3.05) is 11.9 Å². The number of para-hydroxylation sites is 1. The molecule has 2 rings (SSSR count). The first-order chi connectivity index (χ1) is 9.15. The van der Waals surface area contributed by atoms with E-state index in [4.69, 9.17) is 4.74 Å². The molecule has 0 spiro atoms. The van der Waals surface area contributed by atoms with Crippen LogP contribution in [0.2, 0.25) is 0 Å². The minimum Gasteiger partial charge on any atom is -0.489 e. The van der Waals surface area contributed by atoms with Crippen LogP contribution >= 0.6 is 0 Å². The van der Waals surface area contributed by atoms with Gasteiger partial charge in [-0.05, 0) is 43.7 Å². The first-order valence-corrected chi connectivity index (χ1v) is 6.37. The van der Waals surface area contributed by atoms with Crippen molar-refractivity contribution < 1.29 is 9.13 Å². The highest BCUT2D eigenvalue weighted by Crippen LogP contribution is 2.16. The maximum Gasteiger partial charge on any atom is 0.146 e. The Bertz CT molecular complexity index is 542. The van der Waals surface area contributed by atoms with Crippen molar-refractivity contribution in [2.24, 2.45) is 0 Å². The highest BCUT2D eigenvalue weighted by Gasteiger charge is 2.06. The molecule has 3 heteroatoms. The molecule has 0 saturated heterocycles. The number of hydrogen-bond donors (Lipinski definition) is 1. The summed E-state index contributed by atoms with van der Waals surface area (Å²) in [6, 6.07) is 14.5. The molecule has 2 nitrogen and oxygen atoms in total. The Morgan fingerprint density at radius 2 is 1.95 bits per heavy atom. The average Bonchev–Trinajstić information content (AvgIpc) is 2.38. The fourth-order valence-electron chi connectivity index (χ4n) is 1.82. The largest absolute Gasteiger partial charge is 0.489 e. The van der Waals surface area contributed by atoms with Crippen LogP contribution in [0.5, 0.6) is 5.75 Å². The summed E-state index contributed by atoms with van der Waals surface area (Å²) in [5.74, 6) is 0.591. The van der Waals surface area contributed by atoms with E-state index < -0.39 is 0 Å². The molecule has 0 heterocycles. The van der Waals surface area contributed by atoms with E-state index in [-0.39, 0.29) is 11.9 Å². The van der Waals surface area contributed by atoms with Crippen LogP contribution in [-0.2, 0) is 0 Å². The van der Waals surface area contributed by atoms with Crippen LogP contribution in [0.3, 0.4) is 0 Å². The highest BCUT2D eigenvalue weighted by molar-refractivity contribution is 5.44. The van der Waals surface area contributed by atoms with Crippen molar-refractivity contribution in [3.05, 3.63) is 59.9 Å². The van der Waals surface area contributed by atoms with E-state index in [1.807, 2.05) is 38.1 Å². The fourth-order valence-corrected chi connectivity index (χ4v) is 1.82. The number of aryl methyl sites for hydroxylation is 1. The second-order valence-corrected chi connectivity index (χ2v) is 4.61. The van der Waals surface area contributed by atoms with E-state index in [0.717, 1.165) is 11.3 Å². The summed E-state index contributed by atoms with van der Waals surface area (Å²) in [5, 5.41) is 3.05. The smallest absolute Gasteiger partial charge is 0.146 e. The number of halogens is 1. The van der Waals surface area contributed by atoms with Crippen molar-refractivity contribution in [3.8, 4) is 5.75 Å². The van der Waals surface area contributed by atoms with Gasteiger partial charge in [0.25, 0.3) is 0 Å². The Hall–Kier alpha value is -2.03. The molecule has 0 bridgehead atoms. The lowest BCUT2D eigenvalue weighted by atomic mass is 10.2. The third kappa shape index (κ3) is 3.98. The standard InChI is InChI=1S/C16H18FNO/c1-12-6-5-7-14(10-12)19-13(2)11-18-16-9-4-3-8-15(16)17/h3-10,13,18H,11H2,1-2H3/t13-/m0/s1. The van der Waals surface area contributed by atoms with Gasteiger partial charge in [-0.15, -0.1) is 0 Å². The second kappa shape index (κ2) is 6.23. The zero-order valence-electron chi connectivity index (χ0n) is 11.2. The van der Waals surface area contributed by atoms with Crippen LogP contribution in [-0.4, -0.2) is 12.6 Å². The van der Waals surface area contributed by atoms with Crippen molar-refractivity contribution in [1.29, 1.82) is 0 Å². The SMILES string of the molecule is Cc1cccc(O[C@@H](C)CNc2ccccc2F)c1. The van der Waals surface area contributed by atoms with Gasteiger partial charge in [0, 0.05) is 0 Å². The topological polar surface area (TPSA) is 21.3 Å². The van der Waals surface area contributed by atoms with E-state index in [1.54, 1.807) is 18.2 Å². The fraction of sp³-hybridized carbons (Fsp3) is 0.250. The molecule has 1 atom stereocenters. The summed E-state index contributed by atoms with van der Waals surface area (Å²) in [7, 11) is 0. The van der Waals surface area contributed by atoms with Crippen LogP contribution in [0, 0.1) is 12.7 Å². The van der Waals surface area contributed by atoms with Crippen molar-refractivity contribution in [3.63, 3.8) is 0 Å². The van der Waals surface area contributed by atoms with Gasteiger partial charge >= 0.3 is 0 Å². The molecule has 0 fully saturated rings. The lowest BCUT2D eigenvalue weighted by Crippen LogP contribution is -2.23. The van der Waals surface area contributed by atoms with E-state index in [1.165, 1.54) is 6.07 Å². The van der Waals surface area contributed by atoms with Gasteiger partial charge in [0.15, 0.2) is 0 Å². The third-order valence-electron chi connectivity index (χ3n) is 2.78.